The molecule has 0 aliphatic carbocycles. The van der Waals surface area contributed by atoms with E-state index in [1.165, 1.54) is 20.3 Å². The van der Waals surface area contributed by atoms with Gasteiger partial charge in [0.1, 0.15) is 24.1 Å². The molecule has 0 aromatic heterocycles. The Labute approximate surface area is 203 Å². The standard InChI is InChI=1S/C27H27NO7/c1-32-21-13-14-25(33-2)22(16-21)24(29)18-34-26(30)23(15-19-9-5-3-6-10-19)28-27(31)35-17-20-11-7-4-8-12-20/h3-14,16,23H,15,17-18H2,1-2H3,(H,28,31)/t23-/m1/s1. The fourth-order valence-corrected chi connectivity index (χ4v) is 3.30. The number of benzene rings is 3. The van der Waals surface area contributed by atoms with Crippen molar-refractivity contribution in [2.45, 2.75) is 19.1 Å². The van der Waals surface area contributed by atoms with Gasteiger partial charge in [-0.05, 0) is 29.3 Å². The van der Waals surface area contributed by atoms with Gasteiger partial charge >= 0.3 is 12.1 Å². The number of Topliss-reactive ketones (excluding diaryl/α,β-unsaturated/α-hetero) is 1. The van der Waals surface area contributed by atoms with Crippen LogP contribution in [0.2, 0.25) is 0 Å². The number of carbonyl (C=O) groups is 3. The van der Waals surface area contributed by atoms with Crippen molar-refractivity contribution in [1.29, 1.82) is 0 Å². The molecule has 3 aromatic rings. The second kappa shape index (κ2) is 12.8. The predicted octanol–water partition coefficient (Wildman–Crippen LogP) is 3.97. The van der Waals surface area contributed by atoms with E-state index in [1.54, 1.807) is 12.1 Å². The summed E-state index contributed by atoms with van der Waals surface area (Å²) in [6.07, 6.45) is -0.607. The number of ether oxygens (including phenoxy) is 4. The Morgan fingerprint density at radius 2 is 1.46 bits per heavy atom. The molecule has 0 bridgehead atoms. The summed E-state index contributed by atoms with van der Waals surface area (Å²) in [5.41, 5.74) is 1.83. The zero-order valence-electron chi connectivity index (χ0n) is 19.6. The predicted molar refractivity (Wildman–Crippen MR) is 129 cm³/mol. The third-order valence-electron chi connectivity index (χ3n) is 5.12. The van der Waals surface area contributed by atoms with Crippen LogP contribution < -0.4 is 14.8 Å². The quantitative estimate of drug-likeness (QED) is 0.329. The molecular formula is C27H27NO7. The molecule has 0 aliphatic heterocycles. The number of methoxy groups -OCH3 is 2. The Morgan fingerprint density at radius 1 is 0.800 bits per heavy atom. The molecule has 35 heavy (non-hydrogen) atoms. The molecule has 0 heterocycles. The number of hydrogen-bond acceptors (Lipinski definition) is 7. The van der Waals surface area contributed by atoms with E-state index in [4.69, 9.17) is 18.9 Å². The van der Waals surface area contributed by atoms with Crippen molar-refractivity contribution in [1.82, 2.24) is 5.32 Å². The molecule has 0 saturated heterocycles. The minimum absolute atomic E-state index is 0.0495. The first-order valence-corrected chi connectivity index (χ1v) is 10.9. The molecule has 182 valence electrons. The van der Waals surface area contributed by atoms with Gasteiger partial charge in [0.15, 0.2) is 6.61 Å². The zero-order valence-corrected chi connectivity index (χ0v) is 19.6. The monoisotopic (exact) mass is 477 g/mol. The molecule has 1 amide bonds. The van der Waals surface area contributed by atoms with E-state index < -0.39 is 30.5 Å². The Morgan fingerprint density at radius 3 is 2.09 bits per heavy atom. The van der Waals surface area contributed by atoms with Gasteiger partial charge in [0, 0.05) is 6.42 Å². The van der Waals surface area contributed by atoms with Crippen LogP contribution in [0.15, 0.2) is 78.9 Å². The first kappa shape index (κ1) is 25.3. The summed E-state index contributed by atoms with van der Waals surface area (Å²) >= 11 is 0. The summed E-state index contributed by atoms with van der Waals surface area (Å²) in [5.74, 6) is -0.444. The average molecular weight is 478 g/mol. The molecule has 1 atom stereocenters. The lowest BCUT2D eigenvalue weighted by Gasteiger charge is -2.18. The number of esters is 1. The maximum atomic E-state index is 12.9. The third-order valence-corrected chi connectivity index (χ3v) is 5.12. The van der Waals surface area contributed by atoms with Crippen molar-refractivity contribution in [3.63, 3.8) is 0 Å². The van der Waals surface area contributed by atoms with E-state index >= 15 is 0 Å². The molecule has 0 saturated carbocycles. The van der Waals surface area contributed by atoms with Crippen LogP contribution in [-0.2, 0) is 27.3 Å². The lowest BCUT2D eigenvalue weighted by atomic mass is 10.1. The summed E-state index contributed by atoms with van der Waals surface area (Å²) in [5, 5.41) is 2.55. The summed E-state index contributed by atoms with van der Waals surface area (Å²) < 4.78 is 20.9. The van der Waals surface area contributed by atoms with Crippen molar-refractivity contribution in [2.24, 2.45) is 0 Å². The molecular weight excluding hydrogens is 450 g/mol. The van der Waals surface area contributed by atoms with Crippen LogP contribution in [0.25, 0.3) is 0 Å². The van der Waals surface area contributed by atoms with Crippen LogP contribution in [0.4, 0.5) is 4.79 Å². The van der Waals surface area contributed by atoms with Gasteiger partial charge in [-0.1, -0.05) is 60.7 Å². The fourth-order valence-electron chi connectivity index (χ4n) is 3.30. The number of ketones is 1. The minimum atomic E-state index is -1.05. The van der Waals surface area contributed by atoms with E-state index in [-0.39, 0.29) is 18.6 Å². The third kappa shape index (κ3) is 7.60. The Hall–Kier alpha value is -4.33. The first-order chi connectivity index (χ1) is 17.0. The molecule has 3 aromatic carbocycles. The van der Waals surface area contributed by atoms with Crippen LogP contribution in [0.3, 0.4) is 0 Å². The van der Waals surface area contributed by atoms with E-state index in [1.807, 2.05) is 60.7 Å². The SMILES string of the molecule is COc1ccc(OC)c(C(=O)COC(=O)[C@@H](Cc2ccccc2)NC(=O)OCc2ccccc2)c1. The molecule has 3 rings (SSSR count). The highest BCUT2D eigenvalue weighted by Crippen LogP contribution is 2.24. The molecule has 0 fully saturated rings. The van der Waals surface area contributed by atoms with Gasteiger partial charge in [-0.25, -0.2) is 9.59 Å². The normalized spacial score (nSPS) is 11.1. The fraction of sp³-hybridized carbons (Fsp3) is 0.222. The number of alkyl carbamates (subject to hydrolysis) is 1. The van der Waals surface area contributed by atoms with E-state index in [0.717, 1.165) is 11.1 Å². The molecule has 0 aliphatic rings. The van der Waals surface area contributed by atoms with E-state index in [2.05, 4.69) is 5.32 Å². The van der Waals surface area contributed by atoms with Crippen molar-refractivity contribution in [3.8, 4) is 11.5 Å². The maximum Gasteiger partial charge on any atom is 0.408 e. The largest absolute Gasteiger partial charge is 0.497 e. The van der Waals surface area contributed by atoms with Gasteiger partial charge < -0.3 is 24.3 Å². The first-order valence-electron chi connectivity index (χ1n) is 10.9. The van der Waals surface area contributed by atoms with Crippen LogP contribution in [0.5, 0.6) is 11.5 Å². The van der Waals surface area contributed by atoms with Gasteiger partial charge in [-0.2, -0.15) is 0 Å². The molecule has 0 radical (unpaired) electrons. The maximum absolute atomic E-state index is 12.9. The topological polar surface area (TPSA) is 100 Å². The van der Waals surface area contributed by atoms with Crippen molar-refractivity contribution in [2.75, 3.05) is 20.8 Å². The van der Waals surface area contributed by atoms with Crippen LogP contribution >= 0.6 is 0 Å². The number of rotatable bonds is 11. The Balaban J connectivity index is 1.65. The van der Waals surface area contributed by atoms with Gasteiger partial charge in [0.25, 0.3) is 0 Å². The second-order valence-corrected chi connectivity index (χ2v) is 7.55. The number of amides is 1. The highest BCUT2D eigenvalue weighted by Gasteiger charge is 2.25. The lowest BCUT2D eigenvalue weighted by Crippen LogP contribution is -2.44. The number of carbonyl (C=O) groups excluding carboxylic acids is 3. The van der Waals surface area contributed by atoms with E-state index in [0.29, 0.717) is 11.5 Å². The summed E-state index contributed by atoms with van der Waals surface area (Å²) in [6.45, 7) is -0.484. The van der Waals surface area contributed by atoms with Crippen molar-refractivity contribution < 1.29 is 33.3 Å². The molecule has 0 unspecified atom stereocenters. The summed E-state index contributed by atoms with van der Waals surface area (Å²) in [6, 6.07) is 22.0. The molecule has 1 N–H and O–H groups in total. The van der Waals surface area contributed by atoms with Crippen LogP contribution in [-0.4, -0.2) is 44.7 Å². The highest BCUT2D eigenvalue weighted by atomic mass is 16.6. The van der Waals surface area contributed by atoms with Gasteiger partial charge in [0.2, 0.25) is 5.78 Å². The minimum Gasteiger partial charge on any atom is -0.497 e. The van der Waals surface area contributed by atoms with Crippen molar-refractivity contribution in [3.05, 3.63) is 95.6 Å². The van der Waals surface area contributed by atoms with Gasteiger partial charge in [0.05, 0.1) is 19.8 Å². The molecule has 0 spiro atoms. The Kier molecular flexibility index (Phi) is 9.24. The highest BCUT2D eigenvalue weighted by molar-refractivity contribution is 6.01. The average Bonchev–Trinajstić information content (AvgIpc) is 2.90. The summed E-state index contributed by atoms with van der Waals surface area (Å²) in [4.78, 5) is 38.0. The summed E-state index contributed by atoms with van der Waals surface area (Å²) in [7, 11) is 2.91. The van der Waals surface area contributed by atoms with Crippen molar-refractivity contribution >= 4 is 17.8 Å². The number of nitrogens with one attached hydrogen (secondary N) is 1. The number of hydrogen-bond donors (Lipinski definition) is 1. The Bertz CT molecular complexity index is 1130. The van der Waals surface area contributed by atoms with Crippen LogP contribution in [0.1, 0.15) is 21.5 Å². The molecule has 8 nitrogen and oxygen atoms in total. The second-order valence-electron chi connectivity index (χ2n) is 7.55. The van der Waals surface area contributed by atoms with E-state index in [9.17, 15) is 14.4 Å². The van der Waals surface area contributed by atoms with Gasteiger partial charge in [-0.15, -0.1) is 0 Å². The lowest BCUT2D eigenvalue weighted by molar-refractivity contribution is -0.144. The zero-order chi connectivity index (χ0) is 25.0. The smallest absolute Gasteiger partial charge is 0.408 e. The van der Waals surface area contributed by atoms with Gasteiger partial charge in [-0.3, -0.25) is 4.79 Å². The molecule has 8 heteroatoms. The van der Waals surface area contributed by atoms with Crippen LogP contribution in [0, 0.1) is 0 Å².